The Morgan fingerprint density at radius 1 is 0.605 bits per heavy atom. The molecular formula is C40H23NOS. The van der Waals surface area contributed by atoms with Crippen LogP contribution in [0, 0.1) is 0 Å². The van der Waals surface area contributed by atoms with Crippen LogP contribution >= 0.6 is 11.3 Å². The summed E-state index contributed by atoms with van der Waals surface area (Å²) in [6, 6.07) is 38.1. The van der Waals surface area contributed by atoms with Crippen molar-refractivity contribution < 1.29 is 4.42 Å². The van der Waals surface area contributed by atoms with Crippen LogP contribution < -0.4 is 0 Å². The van der Waals surface area contributed by atoms with Crippen LogP contribution in [0.3, 0.4) is 0 Å². The second-order valence-corrected chi connectivity index (χ2v) is 12.9. The molecule has 0 unspecified atom stereocenters. The van der Waals surface area contributed by atoms with Gasteiger partial charge >= 0.3 is 0 Å². The van der Waals surface area contributed by atoms with Gasteiger partial charge in [0.05, 0.1) is 16.7 Å². The van der Waals surface area contributed by atoms with Gasteiger partial charge in [-0.05, 0) is 52.3 Å². The minimum atomic E-state index is 0.936. The van der Waals surface area contributed by atoms with Crippen molar-refractivity contribution in [3.05, 3.63) is 121 Å². The number of para-hydroxylation sites is 1. The van der Waals surface area contributed by atoms with Gasteiger partial charge in [-0.15, -0.1) is 11.3 Å². The maximum absolute atomic E-state index is 6.98. The number of fused-ring (bicyclic) bond motifs is 15. The van der Waals surface area contributed by atoms with E-state index in [-0.39, 0.29) is 0 Å². The van der Waals surface area contributed by atoms with Crippen molar-refractivity contribution >= 4 is 81.1 Å². The minimum Gasteiger partial charge on any atom is -0.458 e. The van der Waals surface area contributed by atoms with Gasteiger partial charge in [0.1, 0.15) is 5.76 Å². The van der Waals surface area contributed by atoms with Crippen LogP contribution in [0.25, 0.3) is 97.7 Å². The Labute approximate surface area is 250 Å². The zero-order chi connectivity index (χ0) is 27.8. The van der Waals surface area contributed by atoms with Crippen LogP contribution in [-0.4, -0.2) is 4.57 Å². The number of furan rings is 1. The number of aryl methyl sites for hydroxylation is 1. The third-order valence-electron chi connectivity index (χ3n) is 9.77. The zero-order valence-electron chi connectivity index (χ0n) is 23.1. The number of thiophene rings is 1. The molecule has 3 aromatic heterocycles. The summed E-state index contributed by atoms with van der Waals surface area (Å²) in [5.41, 5.74) is 11.1. The van der Waals surface area contributed by atoms with Gasteiger partial charge in [0.25, 0.3) is 0 Å². The Hall–Kier alpha value is -5.12. The Balaban J connectivity index is 1.40. The molecule has 3 heterocycles. The van der Waals surface area contributed by atoms with Gasteiger partial charge in [0.15, 0.2) is 5.58 Å². The molecule has 0 amide bonds. The van der Waals surface area contributed by atoms with E-state index in [0.29, 0.717) is 0 Å². The Morgan fingerprint density at radius 2 is 1.35 bits per heavy atom. The lowest BCUT2D eigenvalue weighted by Crippen LogP contribution is -1.96. The van der Waals surface area contributed by atoms with Crippen LogP contribution in [-0.2, 0) is 6.42 Å². The fraction of sp³-hybridized carbons (Fsp3) is 0.0500. The first-order valence-electron chi connectivity index (χ1n) is 15.0. The van der Waals surface area contributed by atoms with Gasteiger partial charge in [-0.1, -0.05) is 97.1 Å². The van der Waals surface area contributed by atoms with Gasteiger partial charge in [0.2, 0.25) is 0 Å². The second kappa shape index (κ2) is 7.83. The fourth-order valence-electron chi connectivity index (χ4n) is 8.08. The maximum Gasteiger partial charge on any atom is 0.160 e. The highest BCUT2D eigenvalue weighted by atomic mass is 32.1. The molecule has 0 bridgehead atoms. The van der Waals surface area contributed by atoms with E-state index in [2.05, 4.69) is 120 Å². The van der Waals surface area contributed by atoms with E-state index in [0.717, 1.165) is 24.2 Å². The maximum atomic E-state index is 6.98. The highest BCUT2D eigenvalue weighted by molar-refractivity contribution is 7.27. The van der Waals surface area contributed by atoms with Gasteiger partial charge in [-0.3, -0.25) is 0 Å². The van der Waals surface area contributed by atoms with Crippen molar-refractivity contribution in [3.63, 3.8) is 0 Å². The number of rotatable bonds is 1. The van der Waals surface area contributed by atoms with E-state index in [4.69, 9.17) is 4.42 Å². The summed E-state index contributed by atoms with van der Waals surface area (Å²) < 4.78 is 12.1. The average Bonchev–Trinajstić information content (AvgIpc) is 3.80. The highest BCUT2D eigenvalue weighted by Crippen LogP contribution is 2.53. The third kappa shape index (κ3) is 2.66. The van der Waals surface area contributed by atoms with E-state index in [1.54, 1.807) is 0 Å². The van der Waals surface area contributed by atoms with E-state index < -0.39 is 0 Å². The molecule has 2 aliphatic rings. The van der Waals surface area contributed by atoms with Crippen LogP contribution in [0.5, 0.6) is 0 Å². The molecule has 43 heavy (non-hydrogen) atoms. The van der Waals surface area contributed by atoms with Crippen molar-refractivity contribution in [2.45, 2.75) is 12.8 Å². The summed E-state index contributed by atoms with van der Waals surface area (Å²) in [7, 11) is 0. The molecule has 11 rings (SSSR count). The summed E-state index contributed by atoms with van der Waals surface area (Å²) in [6.07, 6.45) is 6.55. The molecule has 0 N–H and O–H groups in total. The SMILES string of the molecule is C1=Cc2c(oc3c2c2c4ccccc4sc2c2c4ccccc4n(-c4ccc5c6c(cccc46)-c4ccccc4-5)c32)CC1. The van der Waals surface area contributed by atoms with Crippen LogP contribution in [0.15, 0.2) is 114 Å². The topological polar surface area (TPSA) is 18.1 Å². The molecule has 0 saturated carbocycles. The lowest BCUT2D eigenvalue weighted by Gasteiger charge is -2.13. The summed E-state index contributed by atoms with van der Waals surface area (Å²) in [6.45, 7) is 0. The number of hydrogen-bond acceptors (Lipinski definition) is 2. The Morgan fingerprint density at radius 3 is 2.26 bits per heavy atom. The molecule has 0 aliphatic heterocycles. The molecule has 9 aromatic rings. The summed E-state index contributed by atoms with van der Waals surface area (Å²) in [5, 5.41) is 9.08. The van der Waals surface area contributed by atoms with Crippen molar-refractivity contribution in [3.8, 4) is 27.9 Å². The molecule has 6 aromatic carbocycles. The smallest absolute Gasteiger partial charge is 0.160 e. The summed E-state index contributed by atoms with van der Waals surface area (Å²) in [4.78, 5) is 0. The van der Waals surface area contributed by atoms with Gasteiger partial charge < -0.3 is 8.98 Å². The molecule has 2 aliphatic carbocycles. The summed E-state index contributed by atoms with van der Waals surface area (Å²) in [5.74, 6) is 1.11. The minimum absolute atomic E-state index is 0.936. The largest absolute Gasteiger partial charge is 0.458 e. The normalized spacial score (nSPS) is 13.8. The quantitative estimate of drug-likeness (QED) is 0.194. The Kier molecular flexibility index (Phi) is 4.09. The second-order valence-electron chi connectivity index (χ2n) is 11.9. The molecule has 0 atom stereocenters. The lowest BCUT2D eigenvalue weighted by molar-refractivity contribution is 0.548. The van der Waals surface area contributed by atoms with Crippen LogP contribution in [0.4, 0.5) is 0 Å². The highest BCUT2D eigenvalue weighted by Gasteiger charge is 2.29. The first-order valence-corrected chi connectivity index (χ1v) is 15.8. The van der Waals surface area contributed by atoms with E-state index in [1.165, 1.54) is 91.6 Å². The predicted molar refractivity (Wildman–Crippen MR) is 183 cm³/mol. The molecule has 0 spiro atoms. The van der Waals surface area contributed by atoms with Crippen molar-refractivity contribution in [2.75, 3.05) is 0 Å². The lowest BCUT2D eigenvalue weighted by atomic mass is 9.97. The molecule has 200 valence electrons. The fourth-order valence-corrected chi connectivity index (χ4v) is 9.35. The summed E-state index contributed by atoms with van der Waals surface area (Å²) >= 11 is 1.91. The number of benzene rings is 6. The molecule has 0 saturated heterocycles. The first-order chi connectivity index (χ1) is 21.4. The molecular weight excluding hydrogens is 543 g/mol. The number of allylic oxidation sites excluding steroid dienone is 1. The standard InChI is InChI=1S/C40H23NOS/c1-2-11-23-22(10-1)24-15-9-16-26-31(21-20-25(23)34(24)26)41-30-17-6-3-12-27(30)37-38(41)39-35(28-13-4-7-18-32(28)42-39)36-29-14-5-8-19-33(29)43-40(36)37/h1-6,8-17,19-21H,7,18H2. The zero-order valence-corrected chi connectivity index (χ0v) is 24.0. The molecule has 2 nitrogen and oxygen atoms in total. The van der Waals surface area contributed by atoms with Crippen molar-refractivity contribution in [2.24, 2.45) is 0 Å². The molecule has 0 fully saturated rings. The monoisotopic (exact) mass is 565 g/mol. The van der Waals surface area contributed by atoms with E-state index >= 15 is 0 Å². The van der Waals surface area contributed by atoms with Crippen molar-refractivity contribution in [1.29, 1.82) is 0 Å². The van der Waals surface area contributed by atoms with Gasteiger partial charge in [-0.2, -0.15) is 0 Å². The molecule has 0 radical (unpaired) electrons. The predicted octanol–water partition coefficient (Wildman–Crippen LogP) is 11.7. The van der Waals surface area contributed by atoms with E-state index in [1.807, 2.05) is 11.3 Å². The molecule has 3 heteroatoms. The van der Waals surface area contributed by atoms with E-state index in [9.17, 15) is 0 Å². The van der Waals surface area contributed by atoms with Crippen LogP contribution in [0.1, 0.15) is 17.7 Å². The van der Waals surface area contributed by atoms with Gasteiger partial charge in [0, 0.05) is 53.7 Å². The Bertz CT molecular complexity index is 2700. The average molecular weight is 566 g/mol. The third-order valence-corrected chi connectivity index (χ3v) is 11.0. The van der Waals surface area contributed by atoms with Crippen molar-refractivity contribution in [1.82, 2.24) is 4.57 Å². The first kappa shape index (κ1) is 22.5. The van der Waals surface area contributed by atoms with Crippen LogP contribution in [0.2, 0.25) is 0 Å². The number of nitrogens with zero attached hydrogens (tertiary/aromatic N) is 1. The van der Waals surface area contributed by atoms with Gasteiger partial charge in [-0.25, -0.2) is 0 Å². The number of hydrogen-bond donors (Lipinski definition) is 0. The number of aromatic nitrogens is 1.